The molecule has 0 saturated carbocycles. The summed E-state index contributed by atoms with van der Waals surface area (Å²) in [5.74, 6) is -2.54. The Labute approximate surface area is 122 Å². The third-order valence-electron chi connectivity index (χ3n) is 3.64. The lowest BCUT2D eigenvalue weighted by Gasteiger charge is -2.27. The fraction of sp³-hybridized carbons (Fsp3) is 0.214. The van der Waals surface area contributed by atoms with Crippen molar-refractivity contribution in [3.8, 4) is 0 Å². The number of ketones is 1. The van der Waals surface area contributed by atoms with Crippen molar-refractivity contribution in [1.82, 2.24) is 4.57 Å². The first-order chi connectivity index (χ1) is 9.82. The predicted molar refractivity (Wildman–Crippen MR) is 73.8 cm³/mol. The molecule has 0 amide bonds. The molecule has 5 nitrogen and oxygen atoms in total. The molecule has 2 aromatic rings. The van der Waals surface area contributed by atoms with Crippen LogP contribution in [0.1, 0.15) is 40.1 Å². The summed E-state index contributed by atoms with van der Waals surface area (Å²) in [6.07, 6.45) is 0.0627. The Kier molecular flexibility index (Phi) is 2.88. The van der Waals surface area contributed by atoms with Crippen LogP contribution in [0, 0.1) is 5.82 Å². The number of hydrogen-bond acceptors (Lipinski definition) is 3. The molecule has 0 fully saturated rings. The van der Waals surface area contributed by atoms with E-state index >= 15 is 0 Å². The second kappa shape index (κ2) is 4.39. The van der Waals surface area contributed by atoms with E-state index in [0.717, 1.165) is 12.1 Å². The van der Waals surface area contributed by atoms with Gasteiger partial charge in [0.25, 0.3) is 0 Å². The van der Waals surface area contributed by atoms with Gasteiger partial charge in [0.1, 0.15) is 16.5 Å². The minimum atomic E-state index is -1.48. The number of aromatic carboxylic acids is 1. The molecule has 2 heterocycles. The van der Waals surface area contributed by atoms with Gasteiger partial charge >= 0.3 is 5.97 Å². The van der Waals surface area contributed by atoms with Crippen LogP contribution in [0.5, 0.6) is 0 Å². The maximum absolute atomic E-state index is 13.6. The first kappa shape index (κ1) is 13.8. The van der Waals surface area contributed by atoms with Gasteiger partial charge in [0.15, 0.2) is 5.78 Å². The van der Waals surface area contributed by atoms with Crippen LogP contribution >= 0.6 is 11.6 Å². The molecule has 21 heavy (non-hydrogen) atoms. The van der Waals surface area contributed by atoms with Gasteiger partial charge in [0, 0.05) is 18.0 Å². The van der Waals surface area contributed by atoms with Gasteiger partial charge in [-0.25, -0.2) is 9.18 Å². The number of hydrogen-bond donors (Lipinski definition) is 1. The Hall–Kier alpha value is -2.21. The molecule has 1 aromatic carbocycles. The van der Waals surface area contributed by atoms with E-state index in [-0.39, 0.29) is 33.8 Å². The molecule has 108 valence electrons. The van der Waals surface area contributed by atoms with Crippen molar-refractivity contribution in [3.05, 3.63) is 44.5 Å². The molecule has 0 saturated heterocycles. The van der Waals surface area contributed by atoms with E-state index < -0.39 is 28.8 Å². The number of aromatic nitrogens is 1. The topological polar surface area (TPSA) is 76.4 Å². The zero-order valence-corrected chi connectivity index (χ0v) is 11.6. The smallest absolute Gasteiger partial charge is 0.342 e. The van der Waals surface area contributed by atoms with Gasteiger partial charge in [-0.3, -0.25) is 9.59 Å². The molecule has 1 aliphatic rings. The maximum Gasteiger partial charge on any atom is 0.342 e. The van der Waals surface area contributed by atoms with E-state index in [4.69, 9.17) is 16.7 Å². The standard InChI is InChI=1S/C14H9ClFNO4/c1-5-2-9(18)7-3-6(16)4-8-11(7)17(5)13(15)10(12(8)19)14(20)21/h3-5H,2H2,1H3,(H,20,21). The summed E-state index contributed by atoms with van der Waals surface area (Å²) in [5, 5.41) is 8.77. The molecule has 1 aromatic heterocycles. The molecule has 1 atom stereocenters. The highest BCUT2D eigenvalue weighted by Crippen LogP contribution is 2.34. The second-order valence-electron chi connectivity index (χ2n) is 5.00. The average molecular weight is 310 g/mol. The number of rotatable bonds is 1. The molecular weight excluding hydrogens is 301 g/mol. The highest BCUT2D eigenvalue weighted by atomic mass is 35.5. The van der Waals surface area contributed by atoms with E-state index in [2.05, 4.69) is 0 Å². The number of benzene rings is 1. The summed E-state index contributed by atoms with van der Waals surface area (Å²) in [4.78, 5) is 35.5. The van der Waals surface area contributed by atoms with E-state index in [1.165, 1.54) is 4.57 Å². The largest absolute Gasteiger partial charge is 0.477 e. The number of pyridine rings is 1. The van der Waals surface area contributed by atoms with Gasteiger partial charge in [0.2, 0.25) is 5.43 Å². The first-order valence-electron chi connectivity index (χ1n) is 6.16. The zero-order valence-electron chi connectivity index (χ0n) is 10.8. The van der Waals surface area contributed by atoms with Crippen LogP contribution in [0.2, 0.25) is 5.15 Å². The first-order valence-corrected chi connectivity index (χ1v) is 6.54. The zero-order chi connectivity index (χ0) is 15.5. The van der Waals surface area contributed by atoms with Crippen LogP contribution in [0.15, 0.2) is 16.9 Å². The third-order valence-corrected chi connectivity index (χ3v) is 4.01. The number of carboxylic acids is 1. The van der Waals surface area contributed by atoms with Crippen LogP contribution < -0.4 is 5.43 Å². The van der Waals surface area contributed by atoms with Gasteiger partial charge in [-0.05, 0) is 19.1 Å². The lowest BCUT2D eigenvalue weighted by Crippen LogP contribution is -2.27. The maximum atomic E-state index is 13.6. The van der Waals surface area contributed by atoms with Crippen LogP contribution in [0.4, 0.5) is 4.39 Å². The normalized spacial score (nSPS) is 17.3. The van der Waals surface area contributed by atoms with Gasteiger partial charge in [0.05, 0.1) is 10.9 Å². The van der Waals surface area contributed by atoms with Crippen molar-refractivity contribution < 1.29 is 19.1 Å². The molecular formula is C14H9ClFNO4. The average Bonchev–Trinajstić information content (AvgIpc) is 2.37. The fourth-order valence-corrected chi connectivity index (χ4v) is 3.18. The molecule has 1 unspecified atom stereocenters. The van der Waals surface area contributed by atoms with Crippen molar-refractivity contribution in [2.75, 3.05) is 0 Å². The van der Waals surface area contributed by atoms with Crippen LogP contribution in [0.3, 0.4) is 0 Å². The molecule has 1 N–H and O–H groups in total. The van der Waals surface area contributed by atoms with E-state index in [9.17, 15) is 18.8 Å². The number of Topliss-reactive ketones (excluding diaryl/α,β-unsaturated/α-hetero) is 1. The minimum Gasteiger partial charge on any atom is -0.477 e. The Morgan fingerprint density at radius 1 is 1.43 bits per heavy atom. The van der Waals surface area contributed by atoms with Gasteiger partial charge in [-0.1, -0.05) is 11.6 Å². The monoisotopic (exact) mass is 309 g/mol. The van der Waals surface area contributed by atoms with Crippen LogP contribution in [0.25, 0.3) is 10.9 Å². The summed E-state index contributed by atoms with van der Waals surface area (Å²) >= 11 is 6.05. The molecule has 3 rings (SSSR count). The predicted octanol–water partition coefficient (Wildman–Crippen LogP) is 2.64. The number of nitrogens with zero attached hydrogens (tertiary/aromatic N) is 1. The highest BCUT2D eigenvalue weighted by Gasteiger charge is 2.31. The number of carboxylic acid groups (broad SMARTS) is 1. The van der Waals surface area contributed by atoms with Crippen LogP contribution in [-0.4, -0.2) is 21.4 Å². The summed E-state index contributed by atoms with van der Waals surface area (Å²) in [6.45, 7) is 1.69. The van der Waals surface area contributed by atoms with Gasteiger partial charge in [-0.2, -0.15) is 0 Å². The van der Waals surface area contributed by atoms with Crippen LogP contribution in [-0.2, 0) is 0 Å². The Morgan fingerprint density at radius 3 is 2.71 bits per heavy atom. The number of halogens is 2. The minimum absolute atomic E-state index is 0.0547. The van der Waals surface area contributed by atoms with E-state index in [1.807, 2.05) is 0 Å². The van der Waals surface area contributed by atoms with Crippen molar-refractivity contribution in [2.24, 2.45) is 0 Å². The molecule has 0 radical (unpaired) electrons. The van der Waals surface area contributed by atoms with Crippen molar-refractivity contribution in [1.29, 1.82) is 0 Å². The summed E-state index contributed by atoms with van der Waals surface area (Å²) in [5.41, 5.74) is -1.25. The summed E-state index contributed by atoms with van der Waals surface area (Å²) in [6, 6.07) is 1.57. The van der Waals surface area contributed by atoms with Crippen molar-refractivity contribution in [2.45, 2.75) is 19.4 Å². The third kappa shape index (κ3) is 1.79. The number of carbonyl (C=O) groups is 2. The Morgan fingerprint density at radius 2 is 2.10 bits per heavy atom. The van der Waals surface area contributed by atoms with E-state index in [1.54, 1.807) is 6.92 Å². The lowest BCUT2D eigenvalue weighted by molar-refractivity contribution is 0.0695. The Balaban J connectivity index is 2.65. The molecule has 1 aliphatic heterocycles. The summed E-state index contributed by atoms with van der Waals surface area (Å²) < 4.78 is 15.1. The molecule has 7 heteroatoms. The lowest BCUT2D eigenvalue weighted by atomic mass is 9.95. The Bertz CT molecular complexity index is 887. The van der Waals surface area contributed by atoms with Crippen molar-refractivity contribution in [3.63, 3.8) is 0 Å². The summed E-state index contributed by atoms with van der Waals surface area (Å²) in [7, 11) is 0. The van der Waals surface area contributed by atoms with Gasteiger partial charge in [-0.15, -0.1) is 0 Å². The SMILES string of the molecule is CC1CC(=O)c2cc(F)cc3c(=O)c(C(=O)O)c(Cl)n1c23. The quantitative estimate of drug-likeness (QED) is 0.822. The van der Waals surface area contributed by atoms with Crippen molar-refractivity contribution >= 4 is 34.3 Å². The fourth-order valence-electron chi connectivity index (χ4n) is 2.76. The number of carbonyl (C=O) groups excluding carboxylic acids is 1. The molecule has 0 aliphatic carbocycles. The van der Waals surface area contributed by atoms with E-state index in [0.29, 0.717) is 0 Å². The van der Waals surface area contributed by atoms with Gasteiger partial charge < -0.3 is 9.67 Å². The molecule has 0 bridgehead atoms. The highest BCUT2D eigenvalue weighted by molar-refractivity contribution is 6.33. The second-order valence-corrected chi connectivity index (χ2v) is 5.35. The molecule has 0 spiro atoms.